The van der Waals surface area contributed by atoms with Crippen LogP contribution in [0.15, 0.2) is 0 Å². The summed E-state index contributed by atoms with van der Waals surface area (Å²) in [6, 6.07) is 0. The van der Waals surface area contributed by atoms with Crippen molar-refractivity contribution < 1.29 is 19.8 Å². The van der Waals surface area contributed by atoms with Gasteiger partial charge in [-0.15, -0.1) is 0 Å². The average molecular weight is 159 g/mol. The number of unbranched alkanes of at least 4 members (excludes halogenated alkanes) is 1. The van der Waals surface area contributed by atoms with Gasteiger partial charge in [0.2, 0.25) is 0 Å². The van der Waals surface area contributed by atoms with Gasteiger partial charge in [-0.1, -0.05) is 19.8 Å². The summed E-state index contributed by atoms with van der Waals surface area (Å²) in [4.78, 5) is 20.4. The van der Waals surface area contributed by atoms with Crippen LogP contribution in [0.3, 0.4) is 0 Å². The van der Waals surface area contributed by atoms with E-state index >= 15 is 0 Å². The van der Waals surface area contributed by atoms with E-state index in [0.717, 1.165) is 6.42 Å². The van der Waals surface area contributed by atoms with Gasteiger partial charge in [0.1, 0.15) is 0 Å². The maximum Gasteiger partial charge on any atom is 0.312 e. The van der Waals surface area contributed by atoms with Gasteiger partial charge in [0, 0.05) is 0 Å². The van der Waals surface area contributed by atoms with Crippen molar-refractivity contribution in [1.82, 2.24) is 0 Å². The number of hydrogen-bond acceptors (Lipinski definition) is 3. The first-order chi connectivity index (χ1) is 5.09. The van der Waals surface area contributed by atoms with Crippen LogP contribution in [-0.2, 0) is 9.59 Å². The summed E-state index contributed by atoms with van der Waals surface area (Å²) in [6.07, 6.45) is 1.55. The Hall–Kier alpha value is -1.06. The molecular weight excluding hydrogens is 148 g/mol. The number of carboxylic acid groups (broad SMARTS) is 2. The van der Waals surface area contributed by atoms with Crippen LogP contribution in [0.1, 0.15) is 26.2 Å². The van der Waals surface area contributed by atoms with Crippen LogP contribution in [0.5, 0.6) is 0 Å². The molecular formula is C7H11O4-. The van der Waals surface area contributed by atoms with E-state index in [-0.39, 0.29) is 6.42 Å². The number of carbonyl (C=O) groups excluding carboxylic acids is 1. The van der Waals surface area contributed by atoms with Gasteiger partial charge in [-0.05, 0) is 6.42 Å². The van der Waals surface area contributed by atoms with Crippen molar-refractivity contribution in [2.24, 2.45) is 5.92 Å². The van der Waals surface area contributed by atoms with E-state index in [9.17, 15) is 14.7 Å². The third-order valence-electron chi connectivity index (χ3n) is 1.43. The van der Waals surface area contributed by atoms with Crippen LogP contribution in [0.4, 0.5) is 0 Å². The monoisotopic (exact) mass is 159 g/mol. The minimum atomic E-state index is -1.49. The molecule has 0 aromatic carbocycles. The quantitative estimate of drug-likeness (QED) is 0.555. The minimum absolute atomic E-state index is 0.161. The molecule has 0 fully saturated rings. The van der Waals surface area contributed by atoms with Crippen LogP contribution in [0.25, 0.3) is 0 Å². The van der Waals surface area contributed by atoms with Gasteiger partial charge in [-0.3, -0.25) is 4.79 Å². The minimum Gasteiger partial charge on any atom is -0.549 e. The molecule has 0 bridgehead atoms. The highest BCUT2D eigenvalue weighted by atomic mass is 16.4. The first kappa shape index (κ1) is 9.94. The molecule has 1 N–H and O–H groups in total. The van der Waals surface area contributed by atoms with Crippen molar-refractivity contribution in [2.75, 3.05) is 0 Å². The van der Waals surface area contributed by atoms with Crippen LogP contribution in [0.2, 0.25) is 0 Å². The zero-order valence-corrected chi connectivity index (χ0v) is 6.37. The molecule has 0 heterocycles. The van der Waals surface area contributed by atoms with Crippen molar-refractivity contribution in [3.8, 4) is 0 Å². The normalized spacial score (nSPS) is 12.5. The van der Waals surface area contributed by atoms with E-state index in [1.165, 1.54) is 0 Å². The van der Waals surface area contributed by atoms with Gasteiger partial charge in [0.25, 0.3) is 0 Å². The van der Waals surface area contributed by atoms with Crippen LogP contribution >= 0.6 is 0 Å². The summed E-state index contributed by atoms with van der Waals surface area (Å²) in [5.74, 6) is -4.14. The van der Waals surface area contributed by atoms with Crippen molar-refractivity contribution in [3.05, 3.63) is 0 Å². The molecule has 0 aliphatic heterocycles. The highest BCUT2D eigenvalue weighted by Gasteiger charge is 2.17. The Morgan fingerprint density at radius 2 is 2.09 bits per heavy atom. The van der Waals surface area contributed by atoms with E-state index in [1.807, 2.05) is 6.92 Å². The molecule has 0 rings (SSSR count). The fraction of sp³-hybridized carbons (Fsp3) is 0.714. The van der Waals surface area contributed by atoms with Crippen LogP contribution in [-0.4, -0.2) is 17.0 Å². The standard InChI is InChI=1S/C7H12O4/c1-2-3-4-5(6(8)9)7(10)11/h5H,2-4H2,1H3,(H,8,9)(H,10,11)/p-1. The van der Waals surface area contributed by atoms with Crippen molar-refractivity contribution in [1.29, 1.82) is 0 Å². The first-order valence-electron chi connectivity index (χ1n) is 3.53. The Morgan fingerprint density at radius 1 is 1.55 bits per heavy atom. The van der Waals surface area contributed by atoms with Gasteiger partial charge in [0.15, 0.2) is 0 Å². The highest BCUT2D eigenvalue weighted by Crippen LogP contribution is 2.07. The third-order valence-corrected chi connectivity index (χ3v) is 1.43. The Morgan fingerprint density at radius 3 is 2.36 bits per heavy atom. The van der Waals surface area contributed by atoms with E-state index in [2.05, 4.69) is 0 Å². The van der Waals surface area contributed by atoms with E-state index in [0.29, 0.717) is 6.42 Å². The SMILES string of the molecule is CCCCC(C(=O)[O-])C(=O)O. The summed E-state index contributed by atoms with van der Waals surface area (Å²) >= 11 is 0. The zero-order valence-electron chi connectivity index (χ0n) is 6.37. The Labute approximate surface area is 64.8 Å². The molecule has 1 atom stereocenters. The van der Waals surface area contributed by atoms with Gasteiger partial charge >= 0.3 is 5.97 Å². The molecule has 64 valence electrons. The zero-order chi connectivity index (χ0) is 8.85. The molecule has 0 aliphatic carbocycles. The summed E-state index contributed by atoms with van der Waals surface area (Å²) in [7, 11) is 0. The van der Waals surface area contributed by atoms with Gasteiger partial charge in [-0.2, -0.15) is 0 Å². The molecule has 0 aromatic heterocycles. The van der Waals surface area contributed by atoms with Gasteiger partial charge in [-0.25, -0.2) is 0 Å². The average Bonchev–Trinajstić information content (AvgIpc) is 1.87. The van der Waals surface area contributed by atoms with E-state index < -0.39 is 17.9 Å². The molecule has 0 amide bonds. The first-order valence-corrected chi connectivity index (χ1v) is 3.53. The largest absolute Gasteiger partial charge is 0.549 e. The second-order valence-corrected chi connectivity index (χ2v) is 2.35. The van der Waals surface area contributed by atoms with Gasteiger partial charge in [0.05, 0.1) is 11.9 Å². The molecule has 1 unspecified atom stereocenters. The Kier molecular flexibility index (Phi) is 4.26. The number of rotatable bonds is 5. The summed E-state index contributed by atoms with van der Waals surface area (Å²) in [6.45, 7) is 1.87. The molecule has 0 spiro atoms. The number of aliphatic carboxylic acids is 2. The van der Waals surface area contributed by atoms with E-state index in [4.69, 9.17) is 5.11 Å². The van der Waals surface area contributed by atoms with Gasteiger partial charge < -0.3 is 15.0 Å². The molecule has 11 heavy (non-hydrogen) atoms. The lowest BCUT2D eigenvalue weighted by Gasteiger charge is -2.11. The maximum atomic E-state index is 10.2. The van der Waals surface area contributed by atoms with Crippen LogP contribution < -0.4 is 5.11 Å². The Balaban J connectivity index is 3.90. The lowest BCUT2D eigenvalue weighted by Crippen LogP contribution is -2.36. The van der Waals surface area contributed by atoms with E-state index in [1.54, 1.807) is 0 Å². The highest BCUT2D eigenvalue weighted by molar-refractivity contribution is 5.91. The van der Waals surface area contributed by atoms with Crippen molar-refractivity contribution >= 4 is 11.9 Å². The third kappa shape index (κ3) is 3.60. The number of carbonyl (C=O) groups is 2. The predicted octanol–water partition coefficient (Wildman–Crippen LogP) is -0.373. The number of hydrogen-bond donors (Lipinski definition) is 1. The summed E-state index contributed by atoms with van der Waals surface area (Å²) < 4.78 is 0. The molecule has 4 heteroatoms. The fourth-order valence-electron chi connectivity index (χ4n) is 0.750. The lowest BCUT2D eigenvalue weighted by molar-refractivity contribution is -0.310. The fourth-order valence-corrected chi connectivity index (χ4v) is 0.750. The van der Waals surface area contributed by atoms with Crippen LogP contribution in [0, 0.1) is 5.92 Å². The molecule has 0 saturated carbocycles. The topological polar surface area (TPSA) is 77.4 Å². The second kappa shape index (κ2) is 4.71. The Bertz CT molecular complexity index is 139. The second-order valence-electron chi connectivity index (χ2n) is 2.35. The molecule has 0 saturated heterocycles. The molecule has 0 aliphatic rings. The molecule has 0 aromatic rings. The maximum absolute atomic E-state index is 10.2. The summed E-state index contributed by atoms with van der Waals surface area (Å²) in [5.41, 5.74) is 0. The smallest absolute Gasteiger partial charge is 0.312 e. The molecule has 0 radical (unpaired) electrons. The molecule has 4 nitrogen and oxygen atoms in total. The predicted molar refractivity (Wildman–Crippen MR) is 35.7 cm³/mol. The lowest BCUT2D eigenvalue weighted by atomic mass is 10.0. The summed E-state index contributed by atoms with van der Waals surface area (Å²) in [5, 5.41) is 18.5. The van der Waals surface area contributed by atoms with Crippen molar-refractivity contribution in [3.63, 3.8) is 0 Å². The van der Waals surface area contributed by atoms with Crippen molar-refractivity contribution in [2.45, 2.75) is 26.2 Å². The number of carboxylic acids is 2.